The summed E-state index contributed by atoms with van der Waals surface area (Å²) in [5.41, 5.74) is 4.16. The average Bonchev–Trinajstić information content (AvgIpc) is 2.99. The molecular weight excluding hydrogens is 322 g/mol. The molecule has 0 unspecified atom stereocenters. The van der Waals surface area contributed by atoms with Crippen molar-refractivity contribution >= 4 is 12.2 Å². The van der Waals surface area contributed by atoms with Crippen LogP contribution in [0.1, 0.15) is 28.4 Å². The number of aryl methyl sites for hydroxylation is 1. The highest BCUT2D eigenvalue weighted by Crippen LogP contribution is 2.33. The first-order chi connectivity index (χ1) is 12.7. The molecule has 0 aliphatic carbocycles. The smallest absolute Gasteiger partial charge is 0.215 e. The summed E-state index contributed by atoms with van der Waals surface area (Å²) >= 11 is 0. The second-order valence-corrected chi connectivity index (χ2v) is 6.27. The second kappa shape index (κ2) is 7.83. The Morgan fingerprint density at radius 3 is 2.08 bits per heavy atom. The zero-order valence-corrected chi connectivity index (χ0v) is 15.2. The van der Waals surface area contributed by atoms with Crippen molar-refractivity contribution in [1.29, 1.82) is 0 Å². The summed E-state index contributed by atoms with van der Waals surface area (Å²) < 4.78 is 1.95. The molecule has 0 bridgehead atoms. The van der Waals surface area contributed by atoms with Gasteiger partial charge in [0.05, 0.1) is 5.69 Å². The number of nitrogens with zero attached hydrogens (tertiary/aromatic N) is 3. The molecule has 0 saturated heterocycles. The standard InChI is InChI=1S/C22H23N3O/c1-4-11-20-17(2)23-25(22(20)24(3)16-26)21(18-12-7-5-8-13-18)19-14-9-6-10-15-19/h4-10,12-16,21H,1,11H2,2-3H3. The number of aromatic nitrogens is 2. The Balaban J connectivity index is 2.26. The number of hydrogen-bond acceptors (Lipinski definition) is 2. The highest BCUT2D eigenvalue weighted by atomic mass is 16.1. The van der Waals surface area contributed by atoms with Gasteiger partial charge in [0.1, 0.15) is 11.9 Å². The first kappa shape index (κ1) is 17.7. The van der Waals surface area contributed by atoms with Crippen LogP contribution >= 0.6 is 0 Å². The molecule has 0 atom stereocenters. The molecule has 0 fully saturated rings. The van der Waals surface area contributed by atoms with Crippen molar-refractivity contribution in [3.8, 4) is 0 Å². The monoisotopic (exact) mass is 345 g/mol. The first-order valence-electron chi connectivity index (χ1n) is 8.64. The second-order valence-electron chi connectivity index (χ2n) is 6.27. The molecule has 0 aliphatic rings. The Hall–Kier alpha value is -3.14. The lowest BCUT2D eigenvalue weighted by Crippen LogP contribution is -2.23. The van der Waals surface area contributed by atoms with Crippen molar-refractivity contribution < 1.29 is 4.79 Å². The molecule has 0 saturated carbocycles. The fourth-order valence-electron chi connectivity index (χ4n) is 3.30. The summed E-state index contributed by atoms with van der Waals surface area (Å²) in [7, 11) is 1.76. The van der Waals surface area contributed by atoms with E-state index in [4.69, 9.17) is 5.10 Å². The molecule has 2 aromatic carbocycles. The third-order valence-electron chi connectivity index (χ3n) is 4.50. The predicted molar refractivity (Wildman–Crippen MR) is 105 cm³/mol. The lowest BCUT2D eigenvalue weighted by atomic mass is 9.98. The number of hydrogen-bond donors (Lipinski definition) is 0. The number of allylic oxidation sites excluding steroid dienone is 1. The summed E-state index contributed by atoms with van der Waals surface area (Å²) in [6.07, 6.45) is 3.33. The summed E-state index contributed by atoms with van der Waals surface area (Å²) in [5.74, 6) is 0.801. The molecular formula is C22H23N3O. The maximum absolute atomic E-state index is 11.6. The molecule has 3 rings (SSSR count). The number of rotatable bonds is 7. The molecule has 132 valence electrons. The maximum atomic E-state index is 11.6. The van der Waals surface area contributed by atoms with E-state index in [1.54, 1.807) is 11.9 Å². The van der Waals surface area contributed by atoms with Gasteiger partial charge in [0.25, 0.3) is 0 Å². The summed E-state index contributed by atoms with van der Waals surface area (Å²) in [5, 5.41) is 4.82. The Bertz CT molecular complexity index is 845. The van der Waals surface area contributed by atoms with Gasteiger partial charge in [-0.1, -0.05) is 66.7 Å². The normalized spacial score (nSPS) is 10.7. The van der Waals surface area contributed by atoms with Crippen LogP contribution in [0.3, 0.4) is 0 Å². The number of anilines is 1. The van der Waals surface area contributed by atoms with Gasteiger partial charge in [-0.25, -0.2) is 4.68 Å². The van der Waals surface area contributed by atoms with E-state index in [0.29, 0.717) is 6.42 Å². The molecule has 0 radical (unpaired) electrons. The summed E-state index contributed by atoms with van der Waals surface area (Å²) in [6.45, 7) is 5.83. The van der Waals surface area contributed by atoms with Gasteiger partial charge >= 0.3 is 0 Å². The van der Waals surface area contributed by atoms with Gasteiger partial charge in [-0.2, -0.15) is 5.10 Å². The van der Waals surface area contributed by atoms with E-state index in [2.05, 4.69) is 30.8 Å². The van der Waals surface area contributed by atoms with E-state index < -0.39 is 0 Å². The largest absolute Gasteiger partial charge is 0.303 e. The summed E-state index contributed by atoms with van der Waals surface area (Å²) in [6, 6.07) is 20.3. The molecule has 26 heavy (non-hydrogen) atoms. The van der Waals surface area contributed by atoms with Crippen molar-refractivity contribution in [1.82, 2.24) is 9.78 Å². The van der Waals surface area contributed by atoms with E-state index >= 15 is 0 Å². The van der Waals surface area contributed by atoms with Gasteiger partial charge < -0.3 is 4.90 Å². The Morgan fingerprint density at radius 1 is 1.08 bits per heavy atom. The molecule has 1 heterocycles. The molecule has 1 amide bonds. The van der Waals surface area contributed by atoms with E-state index in [-0.39, 0.29) is 6.04 Å². The van der Waals surface area contributed by atoms with Crippen LogP contribution in [-0.2, 0) is 11.2 Å². The van der Waals surface area contributed by atoms with E-state index in [9.17, 15) is 4.79 Å². The topological polar surface area (TPSA) is 38.1 Å². The Kier molecular flexibility index (Phi) is 5.32. The van der Waals surface area contributed by atoms with Crippen LogP contribution in [0.4, 0.5) is 5.82 Å². The third kappa shape index (κ3) is 3.31. The van der Waals surface area contributed by atoms with Crippen molar-refractivity contribution in [2.75, 3.05) is 11.9 Å². The van der Waals surface area contributed by atoms with Crippen LogP contribution in [0, 0.1) is 6.92 Å². The van der Waals surface area contributed by atoms with Crippen LogP contribution in [0.5, 0.6) is 0 Å². The molecule has 4 nitrogen and oxygen atoms in total. The predicted octanol–water partition coefficient (Wildman–Crippen LogP) is 4.15. The quantitative estimate of drug-likeness (QED) is 0.476. The first-order valence-corrected chi connectivity index (χ1v) is 8.64. The summed E-state index contributed by atoms with van der Waals surface area (Å²) in [4.78, 5) is 13.2. The number of carbonyl (C=O) groups excluding carboxylic acids is 1. The average molecular weight is 345 g/mol. The van der Waals surface area contributed by atoms with Crippen molar-refractivity contribution in [3.05, 3.63) is 95.7 Å². The zero-order valence-electron chi connectivity index (χ0n) is 15.2. The zero-order chi connectivity index (χ0) is 18.5. The minimum atomic E-state index is -0.118. The van der Waals surface area contributed by atoms with Crippen molar-refractivity contribution in [3.63, 3.8) is 0 Å². The third-order valence-corrected chi connectivity index (χ3v) is 4.50. The fourth-order valence-corrected chi connectivity index (χ4v) is 3.30. The minimum absolute atomic E-state index is 0.118. The number of carbonyl (C=O) groups is 1. The number of benzene rings is 2. The van der Waals surface area contributed by atoms with Crippen LogP contribution in [0.15, 0.2) is 73.3 Å². The van der Waals surface area contributed by atoms with Crippen LogP contribution in [0.2, 0.25) is 0 Å². The van der Waals surface area contributed by atoms with Crippen LogP contribution < -0.4 is 4.90 Å². The van der Waals surface area contributed by atoms with E-state index in [0.717, 1.165) is 34.6 Å². The lowest BCUT2D eigenvalue weighted by Gasteiger charge is -2.24. The minimum Gasteiger partial charge on any atom is -0.303 e. The van der Waals surface area contributed by atoms with Crippen molar-refractivity contribution in [2.24, 2.45) is 0 Å². The molecule has 4 heteroatoms. The number of amides is 1. The Morgan fingerprint density at radius 2 is 1.62 bits per heavy atom. The SMILES string of the molecule is C=CCc1c(C)nn(C(c2ccccc2)c2ccccc2)c1N(C)C=O. The van der Waals surface area contributed by atoms with Gasteiger partial charge in [-0.05, 0) is 24.5 Å². The Labute approximate surface area is 154 Å². The molecule has 0 spiro atoms. The highest BCUT2D eigenvalue weighted by molar-refractivity contribution is 5.75. The molecule has 0 aliphatic heterocycles. The maximum Gasteiger partial charge on any atom is 0.215 e. The lowest BCUT2D eigenvalue weighted by molar-refractivity contribution is -0.107. The molecule has 3 aromatic rings. The molecule has 1 aromatic heterocycles. The van der Waals surface area contributed by atoms with Gasteiger partial charge in [-0.3, -0.25) is 4.79 Å². The van der Waals surface area contributed by atoms with Crippen LogP contribution in [0.25, 0.3) is 0 Å². The fraction of sp³-hybridized carbons (Fsp3) is 0.182. The van der Waals surface area contributed by atoms with Gasteiger partial charge in [-0.15, -0.1) is 6.58 Å². The van der Waals surface area contributed by atoms with Crippen LogP contribution in [-0.4, -0.2) is 23.2 Å². The van der Waals surface area contributed by atoms with Gasteiger partial charge in [0, 0.05) is 12.6 Å². The van der Waals surface area contributed by atoms with Gasteiger partial charge in [0.2, 0.25) is 6.41 Å². The van der Waals surface area contributed by atoms with E-state index in [1.807, 2.05) is 54.1 Å². The van der Waals surface area contributed by atoms with Gasteiger partial charge in [0.15, 0.2) is 0 Å². The van der Waals surface area contributed by atoms with Crippen molar-refractivity contribution in [2.45, 2.75) is 19.4 Å². The van der Waals surface area contributed by atoms with E-state index in [1.165, 1.54) is 0 Å². The highest BCUT2D eigenvalue weighted by Gasteiger charge is 2.25. The molecule has 0 N–H and O–H groups in total.